The van der Waals surface area contributed by atoms with Gasteiger partial charge in [0.05, 0.1) is 5.60 Å². The van der Waals surface area contributed by atoms with Crippen LogP contribution in [0.4, 0.5) is 0 Å². The van der Waals surface area contributed by atoms with Crippen LogP contribution in [-0.4, -0.2) is 40.4 Å². The SMILES string of the molecule is CC(C)(O)CN(CCCO)C1CCCc2ccccc21. The molecule has 0 saturated heterocycles. The molecule has 0 amide bonds. The van der Waals surface area contributed by atoms with Crippen molar-refractivity contribution in [2.24, 2.45) is 0 Å². The maximum atomic E-state index is 10.2. The van der Waals surface area contributed by atoms with Crippen molar-refractivity contribution in [1.29, 1.82) is 0 Å². The molecule has 0 spiro atoms. The fraction of sp³-hybridized carbons (Fsp3) is 0.647. The minimum absolute atomic E-state index is 0.205. The average Bonchev–Trinajstić information content (AvgIpc) is 2.41. The second-order valence-corrected chi connectivity index (χ2v) is 6.47. The zero-order valence-electron chi connectivity index (χ0n) is 12.7. The number of rotatable bonds is 6. The molecule has 2 N–H and O–H groups in total. The van der Waals surface area contributed by atoms with Gasteiger partial charge in [-0.3, -0.25) is 4.90 Å². The fourth-order valence-electron chi connectivity index (χ4n) is 3.22. The molecular formula is C17H27NO2. The van der Waals surface area contributed by atoms with E-state index in [0.717, 1.165) is 25.8 Å². The molecule has 1 atom stereocenters. The first-order chi connectivity index (χ1) is 9.51. The molecule has 1 aromatic carbocycles. The highest BCUT2D eigenvalue weighted by Gasteiger charge is 2.28. The molecule has 0 saturated carbocycles. The molecule has 20 heavy (non-hydrogen) atoms. The number of aryl methyl sites for hydroxylation is 1. The van der Waals surface area contributed by atoms with Crippen LogP contribution >= 0.6 is 0 Å². The van der Waals surface area contributed by atoms with Gasteiger partial charge in [0.1, 0.15) is 0 Å². The lowest BCUT2D eigenvalue weighted by Gasteiger charge is -2.38. The van der Waals surface area contributed by atoms with Crippen LogP contribution in [0.25, 0.3) is 0 Å². The van der Waals surface area contributed by atoms with Crippen LogP contribution in [0.2, 0.25) is 0 Å². The lowest BCUT2D eigenvalue weighted by atomic mass is 9.86. The average molecular weight is 277 g/mol. The molecule has 0 aromatic heterocycles. The first-order valence-electron chi connectivity index (χ1n) is 7.66. The Kier molecular flexibility index (Phi) is 5.19. The number of hydrogen-bond acceptors (Lipinski definition) is 3. The highest BCUT2D eigenvalue weighted by molar-refractivity contribution is 5.32. The standard InChI is InChI=1S/C17H27NO2/c1-17(2,20)13-18(11-6-12-19)16-10-5-8-14-7-3-4-9-15(14)16/h3-4,7,9,16,19-20H,5-6,8,10-13H2,1-2H3. The lowest BCUT2D eigenvalue weighted by molar-refractivity contribution is 0.0147. The molecule has 1 aliphatic rings. The van der Waals surface area contributed by atoms with E-state index in [-0.39, 0.29) is 6.61 Å². The largest absolute Gasteiger partial charge is 0.396 e. The molecule has 3 nitrogen and oxygen atoms in total. The van der Waals surface area contributed by atoms with Crippen molar-refractivity contribution in [2.75, 3.05) is 19.7 Å². The van der Waals surface area contributed by atoms with Crippen molar-refractivity contribution in [3.8, 4) is 0 Å². The fourth-order valence-corrected chi connectivity index (χ4v) is 3.22. The minimum atomic E-state index is -0.707. The van der Waals surface area contributed by atoms with Crippen molar-refractivity contribution in [3.05, 3.63) is 35.4 Å². The monoisotopic (exact) mass is 277 g/mol. The molecule has 1 aromatic rings. The Bertz CT molecular complexity index is 425. The van der Waals surface area contributed by atoms with Crippen LogP contribution in [0.1, 0.15) is 50.3 Å². The summed E-state index contributed by atoms with van der Waals surface area (Å²) < 4.78 is 0. The second kappa shape index (κ2) is 6.70. The Hall–Kier alpha value is -0.900. The number of hydrogen-bond donors (Lipinski definition) is 2. The summed E-state index contributed by atoms with van der Waals surface area (Å²) in [7, 11) is 0. The van der Waals surface area contributed by atoms with Crippen molar-refractivity contribution in [1.82, 2.24) is 4.90 Å². The van der Waals surface area contributed by atoms with Crippen LogP contribution in [0, 0.1) is 0 Å². The van der Waals surface area contributed by atoms with Gasteiger partial charge in [0.2, 0.25) is 0 Å². The van der Waals surface area contributed by atoms with E-state index in [4.69, 9.17) is 5.11 Å². The molecule has 0 radical (unpaired) electrons. The third-order valence-corrected chi connectivity index (χ3v) is 3.97. The summed E-state index contributed by atoms with van der Waals surface area (Å²) in [6.45, 7) is 5.39. The van der Waals surface area contributed by atoms with E-state index in [9.17, 15) is 5.11 Å². The molecule has 1 unspecified atom stereocenters. The van der Waals surface area contributed by atoms with E-state index in [0.29, 0.717) is 12.6 Å². The van der Waals surface area contributed by atoms with Gasteiger partial charge in [-0.2, -0.15) is 0 Å². The van der Waals surface area contributed by atoms with Gasteiger partial charge in [-0.25, -0.2) is 0 Å². The summed E-state index contributed by atoms with van der Waals surface area (Å²) in [5.41, 5.74) is 2.14. The van der Waals surface area contributed by atoms with Crippen LogP contribution in [0.3, 0.4) is 0 Å². The molecule has 0 fully saturated rings. The van der Waals surface area contributed by atoms with E-state index < -0.39 is 5.60 Å². The molecule has 0 heterocycles. The van der Waals surface area contributed by atoms with Crippen molar-refractivity contribution < 1.29 is 10.2 Å². The summed E-state index contributed by atoms with van der Waals surface area (Å²) in [5, 5.41) is 19.3. The Morgan fingerprint density at radius 1 is 1.30 bits per heavy atom. The second-order valence-electron chi connectivity index (χ2n) is 6.47. The first-order valence-corrected chi connectivity index (χ1v) is 7.66. The molecule has 112 valence electrons. The zero-order chi connectivity index (χ0) is 14.6. The van der Waals surface area contributed by atoms with Gasteiger partial charge >= 0.3 is 0 Å². The molecule has 2 rings (SSSR count). The van der Waals surface area contributed by atoms with Crippen molar-refractivity contribution in [2.45, 2.75) is 51.2 Å². The molecular weight excluding hydrogens is 250 g/mol. The third-order valence-electron chi connectivity index (χ3n) is 3.97. The highest BCUT2D eigenvalue weighted by Crippen LogP contribution is 2.34. The summed E-state index contributed by atoms with van der Waals surface area (Å²) in [5.74, 6) is 0. The van der Waals surface area contributed by atoms with Crippen LogP contribution in [0.15, 0.2) is 24.3 Å². The number of nitrogens with zero attached hydrogens (tertiary/aromatic N) is 1. The van der Waals surface area contributed by atoms with E-state index in [2.05, 4.69) is 29.2 Å². The molecule has 0 aliphatic heterocycles. The van der Waals surface area contributed by atoms with Gasteiger partial charge < -0.3 is 10.2 Å². The Morgan fingerprint density at radius 2 is 2.05 bits per heavy atom. The van der Waals surface area contributed by atoms with Gasteiger partial charge in [-0.05, 0) is 50.7 Å². The van der Waals surface area contributed by atoms with Crippen molar-refractivity contribution >= 4 is 0 Å². The quantitative estimate of drug-likeness (QED) is 0.840. The highest BCUT2D eigenvalue weighted by atomic mass is 16.3. The Balaban J connectivity index is 2.20. The smallest absolute Gasteiger partial charge is 0.0718 e. The summed E-state index contributed by atoms with van der Waals surface area (Å²) in [6.07, 6.45) is 4.25. The summed E-state index contributed by atoms with van der Waals surface area (Å²) in [4.78, 5) is 2.34. The number of aliphatic hydroxyl groups is 2. The Labute approximate surface area is 122 Å². The van der Waals surface area contributed by atoms with Gasteiger partial charge in [0, 0.05) is 25.7 Å². The predicted octanol–water partition coefficient (Wildman–Crippen LogP) is 2.52. The van der Waals surface area contributed by atoms with Crippen LogP contribution in [-0.2, 0) is 6.42 Å². The first kappa shape index (κ1) is 15.5. The Morgan fingerprint density at radius 3 is 2.75 bits per heavy atom. The van der Waals surface area contributed by atoms with Crippen LogP contribution < -0.4 is 0 Å². The summed E-state index contributed by atoms with van der Waals surface area (Å²) in [6, 6.07) is 9.02. The van der Waals surface area contributed by atoms with Gasteiger partial charge in [-0.15, -0.1) is 0 Å². The van der Waals surface area contributed by atoms with E-state index in [1.54, 1.807) is 0 Å². The predicted molar refractivity (Wildman–Crippen MR) is 81.7 cm³/mol. The lowest BCUT2D eigenvalue weighted by Crippen LogP contribution is -2.42. The minimum Gasteiger partial charge on any atom is -0.396 e. The maximum absolute atomic E-state index is 10.2. The van der Waals surface area contributed by atoms with Crippen molar-refractivity contribution in [3.63, 3.8) is 0 Å². The zero-order valence-corrected chi connectivity index (χ0v) is 12.7. The van der Waals surface area contributed by atoms with Gasteiger partial charge in [0.15, 0.2) is 0 Å². The number of benzene rings is 1. The maximum Gasteiger partial charge on any atom is 0.0718 e. The topological polar surface area (TPSA) is 43.7 Å². The van der Waals surface area contributed by atoms with E-state index in [1.165, 1.54) is 17.5 Å². The van der Waals surface area contributed by atoms with Gasteiger partial charge in [0.25, 0.3) is 0 Å². The number of aliphatic hydroxyl groups excluding tert-OH is 1. The van der Waals surface area contributed by atoms with E-state index in [1.807, 2.05) is 13.8 Å². The molecule has 1 aliphatic carbocycles. The molecule has 0 bridgehead atoms. The normalized spacial score (nSPS) is 19.1. The number of fused-ring (bicyclic) bond motifs is 1. The third kappa shape index (κ3) is 4.05. The van der Waals surface area contributed by atoms with Crippen LogP contribution in [0.5, 0.6) is 0 Å². The molecule has 3 heteroatoms. The van der Waals surface area contributed by atoms with Gasteiger partial charge in [-0.1, -0.05) is 24.3 Å². The van der Waals surface area contributed by atoms with E-state index >= 15 is 0 Å². The summed E-state index contributed by atoms with van der Waals surface area (Å²) >= 11 is 0.